The molecular weight excluding hydrogens is 196 g/mol. The number of methoxy groups -OCH3 is 2. The molecule has 15 heavy (non-hydrogen) atoms. The van der Waals surface area contributed by atoms with Gasteiger partial charge in [-0.25, -0.2) is 9.78 Å². The number of esters is 1. The van der Waals surface area contributed by atoms with E-state index >= 15 is 0 Å². The predicted molar refractivity (Wildman–Crippen MR) is 54.0 cm³/mol. The molecule has 0 spiro atoms. The Morgan fingerprint density at radius 3 is 2.93 bits per heavy atom. The van der Waals surface area contributed by atoms with Crippen molar-refractivity contribution in [2.24, 2.45) is 0 Å². The van der Waals surface area contributed by atoms with Crippen molar-refractivity contribution in [3.8, 4) is 5.88 Å². The molecule has 2 aromatic rings. The molecule has 0 aliphatic heterocycles. The first kappa shape index (κ1) is 9.51. The van der Waals surface area contributed by atoms with Crippen LogP contribution < -0.4 is 4.74 Å². The number of pyridine rings is 1. The van der Waals surface area contributed by atoms with Gasteiger partial charge >= 0.3 is 5.97 Å². The summed E-state index contributed by atoms with van der Waals surface area (Å²) in [6, 6.07) is 1.74. The zero-order valence-corrected chi connectivity index (χ0v) is 8.40. The fourth-order valence-electron chi connectivity index (χ4n) is 1.46. The standard InChI is InChI=1S/C10H10N2O3/c1-14-9-8-6(3-4-11-9)7(5-12-8)10(13)15-2/h3-5,12H,1-2H3. The minimum atomic E-state index is -0.380. The Hall–Kier alpha value is -2.04. The quantitative estimate of drug-likeness (QED) is 0.753. The molecule has 0 amide bonds. The number of fused-ring (bicyclic) bond motifs is 1. The van der Waals surface area contributed by atoms with Crippen LogP contribution in [0.5, 0.6) is 5.88 Å². The highest BCUT2D eigenvalue weighted by atomic mass is 16.5. The van der Waals surface area contributed by atoms with Crippen LogP contribution >= 0.6 is 0 Å². The van der Waals surface area contributed by atoms with Gasteiger partial charge in [0.05, 0.1) is 19.8 Å². The third-order valence-corrected chi connectivity index (χ3v) is 2.17. The van der Waals surface area contributed by atoms with Crippen LogP contribution in [0.4, 0.5) is 0 Å². The topological polar surface area (TPSA) is 64.2 Å². The van der Waals surface area contributed by atoms with Gasteiger partial charge in [0.15, 0.2) is 0 Å². The number of rotatable bonds is 2. The third kappa shape index (κ3) is 1.41. The summed E-state index contributed by atoms with van der Waals surface area (Å²) >= 11 is 0. The molecule has 5 heteroatoms. The molecule has 0 unspecified atom stereocenters. The number of nitrogens with zero attached hydrogens (tertiary/aromatic N) is 1. The van der Waals surface area contributed by atoms with Crippen LogP contribution in [0.15, 0.2) is 18.5 Å². The van der Waals surface area contributed by atoms with E-state index in [0.29, 0.717) is 17.0 Å². The summed E-state index contributed by atoms with van der Waals surface area (Å²) in [7, 11) is 2.88. The van der Waals surface area contributed by atoms with Gasteiger partial charge in [-0.1, -0.05) is 0 Å². The van der Waals surface area contributed by atoms with Crippen LogP contribution in [-0.4, -0.2) is 30.2 Å². The number of carbonyl (C=O) groups is 1. The summed E-state index contributed by atoms with van der Waals surface area (Å²) in [6.07, 6.45) is 3.17. The number of ether oxygens (including phenoxy) is 2. The molecule has 78 valence electrons. The van der Waals surface area contributed by atoms with Crippen molar-refractivity contribution < 1.29 is 14.3 Å². The van der Waals surface area contributed by atoms with E-state index in [0.717, 1.165) is 5.39 Å². The monoisotopic (exact) mass is 206 g/mol. The highest BCUT2D eigenvalue weighted by Gasteiger charge is 2.14. The number of aromatic nitrogens is 2. The third-order valence-electron chi connectivity index (χ3n) is 2.17. The average Bonchev–Trinajstić information content (AvgIpc) is 2.71. The lowest BCUT2D eigenvalue weighted by molar-refractivity contribution is 0.0603. The molecule has 2 heterocycles. The van der Waals surface area contributed by atoms with Crippen molar-refractivity contribution in [2.75, 3.05) is 14.2 Å². The normalized spacial score (nSPS) is 10.3. The highest BCUT2D eigenvalue weighted by Crippen LogP contribution is 2.24. The van der Waals surface area contributed by atoms with Crippen molar-refractivity contribution in [1.29, 1.82) is 0 Å². The molecule has 2 aromatic heterocycles. The SMILES string of the molecule is COC(=O)c1c[nH]c2c(OC)nccc12. The van der Waals surface area contributed by atoms with Crippen LogP contribution in [0.2, 0.25) is 0 Å². The lowest BCUT2D eigenvalue weighted by atomic mass is 10.2. The van der Waals surface area contributed by atoms with Gasteiger partial charge in [0.25, 0.3) is 0 Å². The molecule has 0 saturated heterocycles. The van der Waals surface area contributed by atoms with Crippen LogP contribution in [0.3, 0.4) is 0 Å². The van der Waals surface area contributed by atoms with E-state index in [-0.39, 0.29) is 5.97 Å². The molecule has 0 bridgehead atoms. The van der Waals surface area contributed by atoms with Crippen molar-refractivity contribution in [3.63, 3.8) is 0 Å². The maximum absolute atomic E-state index is 11.4. The molecule has 2 rings (SSSR count). The van der Waals surface area contributed by atoms with Gasteiger partial charge in [-0.05, 0) is 6.07 Å². The van der Waals surface area contributed by atoms with E-state index in [9.17, 15) is 4.79 Å². The second-order valence-corrected chi connectivity index (χ2v) is 2.94. The van der Waals surface area contributed by atoms with E-state index in [2.05, 4.69) is 14.7 Å². The molecule has 1 N–H and O–H groups in total. The minimum Gasteiger partial charge on any atom is -0.479 e. The molecule has 0 aliphatic rings. The number of hydrogen-bond acceptors (Lipinski definition) is 4. The van der Waals surface area contributed by atoms with E-state index in [1.165, 1.54) is 14.2 Å². The second-order valence-electron chi connectivity index (χ2n) is 2.94. The Kier molecular flexibility index (Phi) is 2.29. The average molecular weight is 206 g/mol. The van der Waals surface area contributed by atoms with E-state index in [1.54, 1.807) is 18.5 Å². The van der Waals surface area contributed by atoms with Crippen LogP contribution in [0.1, 0.15) is 10.4 Å². The van der Waals surface area contributed by atoms with Gasteiger partial charge in [-0.15, -0.1) is 0 Å². The molecule has 0 saturated carbocycles. The Bertz CT molecular complexity index is 504. The van der Waals surface area contributed by atoms with Crippen molar-refractivity contribution in [3.05, 3.63) is 24.0 Å². The maximum Gasteiger partial charge on any atom is 0.340 e. The molecule has 0 aliphatic carbocycles. The zero-order valence-electron chi connectivity index (χ0n) is 8.40. The maximum atomic E-state index is 11.4. The van der Waals surface area contributed by atoms with Crippen LogP contribution in [0, 0.1) is 0 Å². The van der Waals surface area contributed by atoms with Crippen molar-refractivity contribution >= 4 is 16.9 Å². The Balaban J connectivity index is 2.66. The summed E-state index contributed by atoms with van der Waals surface area (Å²) in [5, 5.41) is 0.744. The highest BCUT2D eigenvalue weighted by molar-refractivity contribution is 6.05. The number of carbonyl (C=O) groups excluding carboxylic acids is 1. The largest absolute Gasteiger partial charge is 0.479 e. The minimum absolute atomic E-state index is 0.380. The smallest absolute Gasteiger partial charge is 0.340 e. The van der Waals surface area contributed by atoms with Crippen LogP contribution in [-0.2, 0) is 4.74 Å². The lowest BCUT2D eigenvalue weighted by Crippen LogP contribution is -1.99. The molecule has 5 nitrogen and oxygen atoms in total. The van der Waals surface area contributed by atoms with Gasteiger partial charge in [0.2, 0.25) is 5.88 Å². The molecule has 0 fully saturated rings. The summed E-state index contributed by atoms with van der Waals surface area (Å²) in [5.74, 6) is 0.0807. The van der Waals surface area contributed by atoms with Crippen molar-refractivity contribution in [1.82, 2.24) is 9.97 Å². The Labute approximate surface area is 86.0 Å². The molecule has 0 aromatic carbocycles. The lowest BCUT2D eigenvalue weighted by Gasteiger charge is -2.00. The zero-order chi connectivity index (χ0) is 10.8. The molecule has 0 atom stereocenters. The van der Waals surface area contributed by atoms with Gasteiger partial charge in [0, 0.05) is 17.8 Å². The Morgan fingerprint density at radius 1 is 1.47 bits per heavy atom. The Morgan fingerprint density at radius 2 is 2.27 bits per heavy atom. The number of aromatic amines is 1. The van der Waals surface area contributed by atoms with E-state index in [1.807, 2.05) is 0 Å². The molecular formula is C10H10N2O3. The van der Waals surface area contributed by atoms with Crippen LogP contribution in [0.25, 0.3) is 10.9 Å². The first-order chi connectivity index (χ1) is 7.27. The fourth-order valence-corrected chi connectivity index (χ4v) is 1.46. The fraction of sp³-hybridized carbons (Fsp3) is 0.200. The molecule has 0 radical (unpaired) electrons. The first-order valence-corrected chi connectivity index (χ1v) is 4.36. The second kappa shape index (κ2) is 3.61. The summed E-state index contributed by atoms with van der Waals surface area (Å²) in [4.78, 5) is 18.3. The summed E-state index contributed by atoms with van der Waals surface area (Å²) < 4.78 is 9.72. The predicted octanol–water partition coefficient (Wildman–Crippen LogP) is 1.36. The van der Waals surface area contributed by atoms with E-state index in [4.69, 9.17) is 4.74 Å². The van der Waals surface area contributed by atoms with Gasteiger partial charge in [-0.3, -0.25) is 0 Å². The number of hydrogen-bond donors (Lipinski definition) is 1. The first-order valence-electron chi connectivity index (χ1n) is 4.36. The summed E-state index contributed by atoms with van der Waals surface area (Å²) in [5.41, 5.74) is 1.17. The van der Waals surface area contributed by atoms with Crippen molar-refractivity contribution in [2.45, 2.75) is 0 Å². The number of H-pyrrole nitrogens is 1. The van der Waals surface area contributed by atoms with Gasteiger partial charge in [0.1, 0.15) is 5.52 Å². The number of nitrogens with one attached hydrogen (secondary N) is 1. The van der Waals surface area contributed by atoms with Gasteiger partial charge in [-0.2, -0.15) is 0 Å². The van der Waals surface area contributed by atoms with E-state index < -0.39 is 0 Å². The van der Waals surface area contributed by atoms with Gasteiger partial charge < -0.3 is 14.5 Å². The summed E-state index contributed by atoms with van der Waals surface area (Å²) in [6.45, 7) is 0.